The van der Waals surface area contributed by atoms with Crippen molar-refractivity contribution in [2.45, 2.75) is 46.3 Å². The van der Waals surface area contributed by atoms with Crippen LogP contribution in [0.2, 0.25) is 0 Å². The first-order chi connectivity index (χ1) is 6.50. The zero-order valence-electron chi connectivity index (χ0n) is 9.21. The number of aromatic nitrogens is 2. The molecule has 0 atom stereocenters. The number of hydrogen-bond donors (Lipinski definition) is 1. The fourth-order valence-corrected chi connectivity index (χ4v) is 1.91. The summed E-state index contributed by atoms with van der Waals surface area (Å²) in [6.07, 6.45) is 2.09. The maximum atomic E-state index is 4.42. The van der Waals surface area contributed by atoms with E-state index in [0.717, 1.165) is 17.0 Å². The smallest absolute Gasteiger partial charge is 0.177 e. The molecule has 3 nitrogen and oxygen atoms in total. The molecule has 0 unspecified atom stereocenters. The average molecular weight is 260 g/mol. The molecule has 1 N–H and O–H groups in total. The van der Waals surface area contributed by atoms with Gasteiger partial charge in [0.1, 0.15) is 0 Å². The van der Waals surface area contributed by atoms with Gasteiger partial charge in [-0.05, 0) is 29.8 Å². The highest BCUT2D eigenvalue weighted by atomic mass is 79.9. The van der Waals surface area contributed by atoms with Crippen molar-refractivity contribution in [3.8, 4) is 0 Å². The van der Waals surface area contributed by atoms with Crippen molar-refractivity contribution in [3.63, 3.8) is 0 Å². The molecule has 4 heteroatoms. The van der Waals surface area contributed by atoms with Gasteiger partial charge in [-0.2, -0.15) is 0 Å². The monoisotopic (exact) mass is 259 g/mol. The third kappa shape index (κ3) is 3.10. The van der Waals surface area contributed by atoms with E-state index in [-0.39, 0.29) is 0 Å². The molecule has 0 amide bonds. The van der Waals surface area contributed by atoms with Gasteiger partial charge in [0, 0.05) is 24.8 Å². The van der Waals surface area contributed by atoms with Gasteiger partial charge < -0.3 is 9.88 Å². The third-order valence-corrected chi connectivity index (χ3v) is 2.57. The molecule has 1 rings (SSSR count). The minimum Gasteiger partial charge on any atom is -0.323 e. The van der Waals surface area contributed by atoms with Crippen LogP contribution in [0.1, 0.15) is 39.4 Å². The van der Waals surface area contributed by atoms with E-state index >= 15 is 0 Å². The topological polar surface area (TPSA) is 29.9 Å². The average Bonchev–Trinajstić information content (AvgIpc) is 2.43. The van der Waals surface area contributed by atoms with Crippen LogP contribution < -0.4 is 5.32 Å². The summed E-state index contributed by atoms with van der Waals surface area (Å²) in [7, 11) is 0. The number of nitrogens with zero attached hydrogens (tertiary/aromatic N) is 2. The van der Waals surface area contributed by atoms with Crippen molar-refractivity contribution in [1.82, 2.24) is 14.9 Å². The van der Waals surface area contributed by atoms with Crippen LogP contribution >= 0.6 is 15.9 Å². The molecule has 0 aliphatic heterocycles. The molecule has 80 valence electrons. The second-order valence-electron chi connectivity index (χ2n) is 4.04. The van der Waals surface area contributed by atoms with Crippen molar-refractivity contribution in [1.29, 1.82) is 0 Å². The largest absolute Gasteiger partial charge is 0.323 e. The molecule has 1 aromatic heterocycles. The Kier molecular flexibility index (Phi) is 4.13. The summed E-state index contributed by atoms with van der Waals surface area (Å²) < 4.78 is 3.03. The van der Waals surface area contributed by atoms with Crippen LogP contribution in [-0.4, -0.2) is 15.6 Å². The van der Waals surface area contributed by atoms with Gasteiger partial charge in [0.05, 0.1) is 5.69 Å². The second-order valence-corrected chi connectivity index (χ2v) is 4.75. The summed E-state index contributed by atoms with van der Waals surface area (Å²) in [6, 6.07) is 0.947. The Labute approximate surface area is 94.0 Å². The highest BCUT2D eigenvalue weighted by Gasteiger charge is 2.07. The van der Waals surface area contributed by atoms with Crippen LogP contribution in [0.5, 0.6) is 0 Å². The third-order valence-electron chi connectivity index (χ3n) is 1.98. The van der Waals surface area contributed by atoms with Crippen LogP contribution in [0.15, 0.2) is 10.9 Å². The van der Waals surface area contributed by atoms with Gasteiger partial charge in [-0.25, -0.2) is 4.98 Å². The highest BCUT2D eigenvalue weighted by molar-refractivity contribution is 9.10. The first-order valence-corrected chi connectivity index (χ1v) is 5.76. The summed E-state index contributed by atoms with van der Waals surface area (Å²) in [5.41, 5.74) is 1.08. The van der Waals surface area contributed by atoms with Crippen LogP contribution in [0.25, 0.3) is 0 Å². The summed E-state index contributed by atoms with van der Waals surface area (Å²) in [4.78, 5) is 4.42. The molecule has 0 spiro atoms. The molecule has 0 saturated carbocycles. The Morgan fingerprint density at radius 2 is 2.07 bits per heavy atom. The number of halogens is 1. The zero-order valence-corrected chi connectivity index (χ0v) is 10.8. The van der Waals surface area contributed by atoms with Crippen LogP contribution in [0.4, 0.5) is 0 Å². The van der Waals surface area contributed by atoms with E-state index in [9.17, 15) is 0 Å². The van der Waals surface area contributed by atoms with E-state index in [2.05, 4.69) is 64.7 Å². The predicted octanol–water partition coefficient (Wildman–Crippen LogP) is 2.72. The molecule has 0 aliphatic carbocycles. The summed E-state index contributed by atoms with van der Waals surface area (Å²) in [6.45, 7) is 9.39. The van der Waals surface area contributed by atoms with Gasteiger partial charge in [0.2, 0.25) is 0 Å². The molecule has 1 heterocycles. The van der Waals surface area contributed by atoms with Gasteiger partial charge in [0.15, 0.2) is 4.73 Å². The molecule has 0 fully saturated rings. The van der Waals surface area contributed by atoms with Crippen molar-refractivity contribution in [2.24, 2.45) is 0 Å². The zero-order chi connectivity index (χ0) is 10.7. The van der Waals surface area contributed by atoms with Crippen LogP contribution in [-0.2, 0) is 6.54 Å². The summed E-state index contributed by atoms with van der Waals surface area (Å²) in [5.74, 6) is 0. The Hall–Kier alpha value is -0.350. The molecule has 0 bridgehead atoms. The van der Waals surface area contributed by atoms with Crippen molar-refractivity contribution in [2.75, 3.05) is 0 Å². The Morgan fingerprint density at radius 1 is 1.43 bits per heavy atom. The van der Waals surface area contributed by atoms with Gasteiger partial charge >= 0.3 is 0 Å². The van der Waals surface area contributed by atoms with Crippen LogP contribution in [0.3, 0.4) is 0 Å². The van der Waals surface area contributed by atoms with Gasteiger partial charge in [0.25, 0.3) is 0 Å². The van der Waals surface area contributed by atoms with Gasteiger partial charge in [-0.1, -0.05) is 13.8 Å². The standard InChI is InChI=1S/C10H18BrN3/c1-7(2)12-5-9-6-14(8(3)4)10(11)13-9/h6-8,12H,5H2,1-4H3. The van der Waals surface area contributed by atoms with E-state index in [1.54, 1.807) is 0 Å². The van der Waals surface area contributed by atoms with E-state index in [1.807, 2.05) is 0 Å². The SMILES string of the molecule is CC(C)NCc1cn(C(C)C)c(Br)n1. The lowest BCUT2D eigenvalue weighted by molar-refractivity contribution is 0.576. The fraction of sp³-hybridized carbons (Fsp3) is 0.700. The summed E-state index contributed by atoms with van der Waals surface area (Å²) in [5, 5.41) is 3.34. The first-order valence-electron chi connectivity index (χ1n) is 4.97. The minimum atomic E-state index is 0.449. The lowest BCUT2D eigenvalue weighted by atomic mass is 10.3. The Bertz CT molecular complexity index is 292. The second kappa shape index (κ2) is 4.94. The van der Waals surface area contributed by atoms with Crippen molar-refractivity contribution < 1.29 is 0 Å². The molecule has 14 heavy (non-hydrogen) atoms. The van der Waals surface area contributed by atoms with Crippen molar-refractivity contribution >= 4 is 15.9 Å². The number of imidazole rings is 1. The van der Waals surface area contributed by atoms with Crippen molar-refractivity contribution in [3.05, 3.63) is 16.6 Å². The predicted molar refractivity (Wildman–Crippen MR) is 62.3 cm³/mol. The minimum absolute atomic E-state index is 0.449. The van der Waals surface area contributed by atoms with Gasteiger partial charge in [-0.3, -0.25) is 0 Å². The maximum Gasteiger partial charge on any atom is 0.177 e. The first kappa shape index (κ1) is 11.7. The molecule has 0 aromatic carbocycles. The summed E-state index contributed by atoms with van der Waals surface area (Å²) >= 11 is 3.45. The normalized spacial score (nSPS) is 11.6. The van der Waals surface area contributed by atoms with E-state index in [0.29, 0.717) is 12.1 Å². The Balaban J connectivity index is 2.66. The number of rotatable bonds is 4. The molecule has 1 aromatic rings. The molecule has 0 aliphatic rings. The fourth-order valence-electron chi connectivity index (χ4n) is 1.17. The Morgan fingerprint density at radius 3 is 2.50 bits per heavy atom. The van der Waals surface area contributed by atoms with E-state index in [4.69, 9.17) is 0 Å². The van der Waals surface area contributed by atoms with Crippen LogP contribution in [0, 0.1) is 0 Å². The quantitative estimate of drug-likeness (QED) is 0.902. The molecule has 0 saturated heterocycles. The highest BCUT2D eigenvalue weighted by Crippen LogP contribution is 2.16. The number of hydrogen-bond acceptors (Lipinski definition) is 2. The lowest BCUT2D eigenvalue weighted by Gasteiger charge is -2.07. The maximum absolute atomic E-state index is 4.42. The van der Waals surface area contributed by atoms with E-state index in [1.165, 1.54) is 0 Å². The molecular formula is C10H18BrN3. The number of nitrogens with one attached hydrogen (secondary N) is 1. The van der Waals surface area contributed by atoms with Gasteiger partial charge in [-0.15, -0.1) is 0 Å². The lowest BCUT2D eigenvalue weighted by Crippen LogP contribution is -2.21. The molecule has 0 radical (unpaired) electrons. The van der Waals surface area contributed by atoms with E-state index < -0.39 is 0 Å². The molecular weight excluding hydrogens is 242 g/mol.